The van der Waals surface area contributed by atoms with Gasteiger partial charge in [-0.1, -0.05) is 282 Å². The molecule has 4 N–H and O–H groups in total. The molecule has 3 atom stereocenters. The summed E-state index contributed by atoms with van der Waals surface area (Å²) < 4.78 is 0. The zero-order valence-electron chi connectivity index (χ0n) is 42.0. The quantitative estimate of drug-likeness (QED) is 0.0362. The highest BCUT2D eigenvalue weighted by Crippen LogP contribution is 2.18. The van der Waals surface area contributed by atoms with E-state index in [0.29, 0.717) is 12.8 Å². The summed E-state index contributed by atoms with van der Waals surface area (Å²) in [5, 5.41) is 33.6. The van der Waals surface area contributed by atoms with Crippen molar-refractivity contribution in [1.82, 2.24) is 5.32 Å². The Kier molecular flexibility index (Phi) is 51.5. The lowest BCUT2D eigenvalue weighted by atomic mass is 10.0. The summed E-state index contributed by atoms with van der Waals surface area (Å²) in [4.78, 5) is 12.5. The molecule has 0 radical (unpaired) electrons. The van der Waals surface area contributed by atoms with E-state index in [4.69, 9.17) is 0 Å². The number of rotatable bonds is 52. The molecule has 0 saturated heterocycles. The lowest BCUT2D eigenvalue weighted by molar-refractivity contribution is -0.125. The molecule has 0 aliphatic carbocycles. The van der Waals surface area contributed by atoms with Crippen LogP contribution < -0.4 is 5.32 Å². The molecule has 0 fully saturated rings. The Morgan fingerprint density at radius 1 is 0.403 bits per heavy atom. The molecule has 0 rings (SSSR count). The molecule has 0 aromatic carbocycles. The van der Waals surface area contributed by atoms with Crippen molar-refractivity contribution in [2.24, 2.45) is 0 Å². The fraction of sp³-hybridized carbons (Fsp3) is 0.912. The van der Waals surface area contributed by atoms with Crippen molar-refractivity contribution < 1.29 is 20.1 Å². The second-order valence-corrected chi connectivity index (χ2v) is 19.6. The maximum absolute atomic E-state index is 12.5. The Bertz CT molecular complexity index is 920. The molecule has 0 saturated carbocycles. The van der Waals surface area contributed by atoms with Gasteiger partial charge in [-0.3, -0.25) is 4.79 Å². The van der Waals surface area contributed by atoms with Gasteiger partial charge in [-0.25, -0.2) is 0 Å². The van der Waals surface area contributed by atoms with Crippen molar-refractivity contribution in [1.29, 1.82) is 0 Å². The van der Waals surface area contributed by atoms with Gasteiger partial charge < -0.3 is 20.6 Å². The second-order valence-electron chi connectivity index (χ2n) is 19.6. The fourth-order valence-corrected chi connectivity index (χ4v) is 8.97. The minimum atomic E-state index is -0.748. The molecule has 5 nitrogen and oxygen atoms in total. The smallest absolute Gasteiger partial charge is 0.222 e. The normalized spacial score (nSPS) is 13.4. The highest BCUT2D eigenvalue weighted by atomic mass is 16.3. The van der Waals surface area contributed by atoms with E-state index < -0.39 is 18.2 Å². The number of carbonyl (C=O) groups is 1. The third-order valence-corrected chi connectivity index (χ3v) is 13.3. The van der Waals surface area contributed by atoms with Gasteiger partial charge in [-0.15, -0.1) is 0 Å². The van der Waals surface area contributed by atoms with Crippen molar-refractivity contribution >= 4 is 5.91 Å². The standard InChI is InChI=1S/C57H111NO4/c1-3-5-7-9-11-13-15-17-19-21-22-23-24-25-26-27-28-29-30-31-32-33-34-35-36-38-40-42-44-46-48-50-54(60)52-57(62)58-55(53-59)56(61)51-49-47-45-43-41-39-37-20-18-16-14-12-10-8-6-4-2/h22-23,25-26,54-56,59-61H,3-21,24,27-53H2,1-2H3,(H,58,62)/b23-22-,26-25-. The van der Waals surface area contributed by atoms with Crippen LogP contribution in [0.5, 0.6) is 0 Å². The summed E-state index contributed by atoms with van der Waals surface area (Å²) in [6.45, 7) is 4.29. The monoisotopic (exact) mass is 874 g/mol. The first kappa shape index (κ1) is 60.8. The molecular weight excluding hydrogens is 763 g/mol. The van der Waals surface area contributed by atoms with Gasteiger partial charge >= 0.3 is 0 Å². The third-order valence-electron chi connectivity index (χ3n) is 13.3. The van der Waals surface area contributed by atoms with Crippen LogP contribution in [0, 0.1) is 0 Å². The number of carbonyl (C=O) groups excluding carboxylic acids is 1. The van der Waals surface area contributed by atoms with Crippen LogP contribution in [0.3, 0.4) is 0 Å². The van der Waals surface area contributed by atoms with Gasteiger partial charge in [0.15, 0.2) is 0 Å². The van der Waals surface area contributed by atoms with E-state index in [-0.39, 0.29) is 18.9 Å². The van der Waals surface area contributed by atoms with Crippen LogP contribution in [-0.4, -0.2) is 46.1 Å². The summed E-state index contributed by atoms with van der Waals surface area (Å²) in [5.41, 5.74) is 0. The molecule has 5 heteroatoms. The number of aliphatic hydroxyl groups excluding tert-OH is 3. The SMILES string of the molecule is CCCCCCCCCCC/C=C\C/C=C\CCCCCCCCCCCCCCCCCC(O)CC(=O)NC(CO)C(O)CCCCCCCCCCCCCCCCCC. The van der Waals surface area contributed by atoms with Gasteiger partial charge in [-0.2, -0.15) is 0 Å². The van der Waals surface area contributed by atoms with Crippen molar-refractivity contribution in [2.75, 3.05) is 6.61 Å². The van der Waals surface area contributed by atoms with E-state index in [0.717, 1.165) is 32.1 Å². The number of aliphatic hydroxyl groups is 3. The third kappa shape index (κ3) is 48.3. The molecule has 0 aliphatic heterocycles. The number of hydrogen-bond acceptors (Lipinski definition) is 4. The molecule has 1 amide bonds. The van der Waals surface area contributed by atoms with E-state index in [1.165, 1.54) is 244 Å². The predicted octanol–water partition coefficient (Wildman–Crippen LogP) is 17.3. The van der Waals surface area contributed by atoms with Crippen LogP contribution in [0.25, 0.3) is 0 Å². The fourth-order valence-electron chi connectivity index (χ4n) is 8.97. The molecular formula is C57H111NO4. The molecule has 0 heterocycles. The average Bonchev–Trinajstić information content (AvgIpc) is 3.27. The first-order chi connectivity index (χ1) is 30.5. The summed E-state index contributed by atoms with van der Waals surface area (Å²) in [7, 11) is 0. The molecule has 0 aromatic heterocycles. The molecule has 0 aliphatic rings. The van der Waals surface area contributed by atoms with E-state index in [1.54, 1.807) is 0 Å². The van der Waals surface area contributed by atoms with Gasteiger partial charge in [-0.05, 0) is 44.9 Å². The lowest BCUT2D eigenvalue weighted by Gasteiger charge is -2.23. The second kappa shape index (κ2) is 52.5. The van der Waals surface area contributed by atoms with Crippen LogP contribution >= 0.6 is 0 Å². The zero-order chi connectivity index (χ0) is 45.1. The Balaban J connectivity index is 3.50. The molecule has 62 heavy (non-hydrogen) atoms. The van der Waals surface area contributed by atoms with Crippen LogP contribution in [0.2, 0.25) is 0 Å². The Labute approximate surface area is 388 Å². The number of unbranched alkanes of at least 4 members (excludes halogenated alkanes) is 39. The van der Waals surface area contributed by atoms with Crippen LogP contribution in [0.1, 0.15) is 309 Å². The number of allylic oxidation sites excluding steroid dienone is 4. The van der Waals surface area contributed by atoms with Gasteiger partial charge in [0, 0.05) is 0 Å². The molecule has 0 bridgehead atoms. The van der Waals surface area contributed by atoms with Gasteiger partial charge in [0.25, 0.3) is 0 Å². The highest BCUT2D eigenvalue weighted by molar-refractivity contribution is 5.76. The Morgan fingerprint density at radius 3 is 1.02 bits per heavy atom. The summed E-state index contributed by atoms with van der Waals surface area (Å²) in [6, 6.07) is -0.657. The van der Waals surface area contributed by atoms with E-state index in [1.807, 2.05) is 0 Å². The summed E-state index contributed by atoms with van der Waals surface area (Å²) >= 11 is 0. The molecule has 0 aromatic rings. The van der Waals surface area contributed by atoms with Gasteiger partial charge in [0.05, 0.1) is 31.3 Å². The molecule has 3 unspecified atom stereocenters. The topological polar surface area (TPSA) is 89.8 Å². The Hall–Kier alpha value is -1.17. The van der Waals surface area contributed by atoms with E-state index >= 15 is 0 Å². The van der Waals surface area contributed by atoms with Crippen LogP contribution in [-0.2, 0) is 4.79 Å². The largest absolute Gasteiger partial charge is 0.394 e. The first-order valence-corrected chi connectivity index (χ1v) is 28.1. The van der Waals surface area contributed by atoms with Crippen molar-refractivity contribution in [3.05, 3.63) is 24.3 Å². The van der Waals surface area contributed by atoms with Gasteiger partial charge in [0.1, 0.15) is 0 Å². The minimum absolute atomic E-state index is 0.0393. The van der Waals surface area contributed by atoms with Crippen molar-refractivity contribution in [3.8, 4) is 0 Å². The highest BCUT2D eigenvalue weighted by Gasteiger charge is 2.21. The van der Waals surface area contributed by atoms with Crippen LogP contribution in [0.4, 0.5) is 0 Å². The number of amides is 1. The number of nitrogens with one attached hydrogen (secondary N) is 1. The first-order valence-electron chi connectivity index (χ1n) is 28.1. The molecule has 0 spiro atoms. The summed E-state index contributed by atoms with van der Waals surface area (Å²) in [6.07, 6.45) is 66.2. The number of hydrogen-bond donors (Lipinski definition) is 4. The van der Waals surface area contributed by atoms with Crippen molar-refractivity contribution in [3.63, 3.8) is 0 Å². The maximum atomic E-state index is 12.5. The lowest BCUT2D eigenvalue weighted by Crippen LogP contribution is -2.46. The predicted molar refractivity (Wildman–Crippen MR) is 273 cm³/mol. The Morgan fingerprint density at radius 2 is 0.694 bits per heavy atom. The maximum Gasteiger partial charge on any atom is 0.222 e. The average molecular weight is 875 g/mol. The molecule has 368 valence electrons. The summed E-state index contributed by atoms with van der Waals surface area (Å²) in [5.74, 6) is -0.279. The minimum Gasteiger partial charge on any atom is -0.394 e. The van der Waals surface area contributed by atoms with Crippen LogP contribution in [0.15, 0.2) is 24.3 Å². The van der Waals surface area contributed by atoms with Gasteiger partial charge in [0.2, 0.25) is 5.91 Å². The van der Waals surface area contributed by atoms with E-state index in [9.17, 15) is 20.1 Å². The zero-order valence-corrected chi connectivity index (χ0v) is 42.0. The van der Waals surface area contributed by atoms with Crippen molar-refractivity contribution in [2.45, 2.75) is 327 Å². The van der Waals surface area contributed by atoms with E-state index in [2.05, 4.69) is 43.5 Å².